The fourth-order valence-corrected chi connectivity index (χ4v) is 3.13. The molecule has 0 saturated heterocycles. The summed E-state index contributed by atoms with van der Waals surface area (Å²) in [7, 11) is 1.63. The van der Waals surface area contributed by atoms with Crippen LogP contribution in [0.25, 0.3) is 0 Å². The van der Waals surface area contributed by atoms with Crippen LogP contribution in [0, 0.1) is 0 Å². The molecule has 0 aromatic heterocycles. The number of amides is 3. The fraction of sp³-hybridized carbons (Fsp3) is 0.130. The summed E-state index contributed by atoms with van der Waals surface area (Å²) < 4.78 is 5.49. The first kappa shape index (κ1) is 19.9. The van der Waals surface area contributed by atoms with Gasteiger partial charge in [0.15, 0.2) is 0 Å². The van der Waals surface area contributed by atoms with Gasteiger partial charge in [-0.25, -0.2) is 4.79 Å². The monoisotopic (exact) mass is 389 g/mol. The van der Waals surface area contributed by atoms with Crippen molar-refractivity contribution in [3.63, 3.8) is 0 Å². The van der Waals surface area contributed by atoms with Gasteiger partial charge in [-0.05, 0) is 29.3 Å². The SMILES string of the molecule is COc1ccc(NC(C(=O)NC(N)=O)c2ccccc2)cc1Cc1ccccc1. The van der Waals surface area contributed by atoms with Gasteiger partial charge in [0.1, 0.15) is 11.8 Å². The maximum atomic E-state index is 12.6. The number of urea groups is 1. The Bertz CT molecular complexity index is 975. The molecule has 1 unspecified atom stereocenters. The number of carbonyl (C=O) groups excluding carboxylic acids is 2. The van der Waals surface area contributed by atoms with E-state index in [-0.39, 0.29) is 0 Å². The average Bonchev–Trinajstić information content (AvgIpc) is 2.73. The molecule has 0 aliphatic carbocycles. The lowest BCUT2D eigenvalue weighted by atomic mass is 10.0. The Balaban J connectivity index is 1.90. The third-order valence-corrected chi connectivity index (χ3v) is 4.47. The molecule has 4 N–H and O–H groups in total. The average molecular weight is 389 g/mol. The summed E-state index contributed by atoms with van der Waals surface area (Å²) in [5, 5.41) is 5.35. The van der Waals surface area contributed by atoms with Crippen LogP contribution in [0.4, 0.5) is 10.5 Å². The lowest BCUT2D eigenvalue weighted by Crippen LogP contribution is -2.40. The highest BCUT2D eigenvalue weighted by atomic mass is 16.5. The number of rotatable bonds is 7. The summed E-state index contributed by atoms with van der Waals surface area (Å²) >= 11 is 0. The van der Waals surface area contributed by atoms with E-state index in [4.69, 9.17) is 10.5 Å². The minimum Gasteiger partial charge on any atom is -0.496 e. The maximum Gasteiger partial charge on any atom is 0.318 e. The highest BCUT2D eigenvalue weighted by Gasteiger charge is 2.22. The first-order valence-electron chi connectivity index (χ1n) is 9.19. The van der Waals surface area contributed by atoms with Crippen LogP contribution in [0.2, 0.25) is 0 Å². The van der Waals surface area contributed by atoms with E-state index < -0.39 is 18.0 Å². The molecule has 0 saturated carbocycles. The van der Waals surface area contributed by atoms with Crippen molar-refractivity contribution >= 4 is 17.6 Å². The molecular formula is C23H23N3O3. The Labute approximate surface area is 169 Å². The number of methoxy groups -OCH3 is 1. The molecule has 0 heterocycles. The number of carbonyl (C=O) groups is 2. The van der Waals surface area contributed by atoms with Gasteiger partial charge in [0.25, 0.3) is 5.91 Å². The molecule has 148 valence electrons. The largest absolute Gasteiger partial charge is 0.496 e. The van der Waals surface area contributed by atoms with Gasteiger partial charge < -0.3 is 15.8 Å². The third kappa shape index (κ3) is 5.35. The summed E-state index contributed by atoms with van der Waals surface area (Å²) in [4.78, 5) is 23.7. The highest BCUT2D eigenvalue weighted by molar-refractivity contribution is 5.98. The standard InChI is InChI=1S/C23H23N3O3/c1-29-20-13-12-19(15-18(20)14-16-8-4-2-5-9-16)25-21(22(27)26-23(24)28)17-10-6-3-7-11-17/h2-13,15,21,25H,14H2,1H3,(H3,24,26,27,28). The summed E-state index contributed by atoms with van der Waals surface area (Å²) in [6.07, 6.45) is 0.684. The van der Waals surface area contributed by atoms with Crippen molar-refractivity contribution in [2.75, 3.05) is 12.4 Å². The number of nitrogens with two attached hydrogens (primary N) is 1. The molecule has 3 amide bonds. The topological polar surface area (TPSA) is 93.4 Å². The molecule has 1 atom stereocenters. The van der Waals surface area contributed by atoms with Crippen molar-refractivity contribution in [1.29, 1.82) is 0 Å². The smallest absolute Gasteiger partial charge is 0.318 e. The Morgan fingerprint density at radius 2 is 1.62 bits per heavy atom. The van der Waals surface area contributed by atoms with E-state index in [1.807, 2.05) is 78.9 Å². The Kier molecular flexibility index (Phi) is 6.47. The zero-order valence-corrected chi connectivity index (χ0v) is 16.1. The van der Waals surface area contributed by atoms with Crippen LogP contribution in [-0.2, 0) is 11.2 Å². The van der Waals surface area contributed by atoms with Crippen LogP contribution in [0.1, 0.15) is 22.7 Å². The number of ether oxygens (including phenoxy) is 1. The number of benzene rings is 3. The second-order valence-corrected chi connectivity index (χ2v) is 6.53. The third-order valence-electron chi connectivity index (χ3n) is 4.47. The Morgan fingerprint density at radius 3 is 2.24 bits per heavy atom. The summed E-state index contributed by atoms with van der Waals surface area (Å²) in [5.74, 6) is 0.237. The van der Waals surface area contributed by atoms with Crippen molar-refractivity contribution in [2.45, 2.75) is 12.5 Å². The van der Waals surface area contributed by atoms with Gasteiger partial charge in [-0.3, -0.25) is 10.1 Å². The summed E-state index contributed by atoms with van der Waals surface area (Å²) in [6, 6.07) is 23.2. The molecular weight excluding hydrogens is 366 g/mol. The molecule has 29 heavy (non-hydrogen) atoms. The second kappa shape index (κ2) is 9.41. The fourth-order valence-electron chi connectivity index (χ4n) is 3.13. The van der Waals surface area contributed by atoms with E-state index in [1.54, 1.807) is 7.11 Å². The molecule has 6 nitrogen and oxygen atoms in total. The normalized spacial score (nSPS) is 11.3. The number of hydrogen-bond donors (Lipinski definition) is 3. The molecule has 3 aromatic carbocycles. The van der Waals surface area contributed by atoms with Gasteiger partial charge in [0.2, 0.25) is 0 Å². The van der Waals surface area contributed by atoms with Crippen LogP contribution in [0.3, 0.4) is 0 Å². The van der Waals surface area contributed by atoms with E-state index in [0.717, 1.165) is 22.6 Å². The van der Waals surface area contributed by atoms with E-state index in [1.165, 1.54) is 0 Å². The lowest BCUT2D eigenvalue weighted by Gasteiger charge is -2.20. The van der Waals surface area contributed by atoms with Crippen LogP contribution in [0.5, 0.6) is 5.75 Å². The predicted molar refractivity (Wildman–Crippen MR) is 113 cm³/mol. The van der Waals surface area contributed by atoms with Gasteiger partial charge in [0, 0.05) is 17.7 Å². The second-order valence-electron chi connectivity index (χ2n) is 6.53. The van der Waals surface area contributed by atoms with E-state index in [9.17, 15) is 9.59 Å². The lowest BCUT2D eigenvalue weighted by molar-refractivity contribution is -0.120. The van der Waals surface area contributed by atoms with Crippen molar-refractivity contribution in [1.82, 2.24) is 5.32 Å². The van der Waals surface area contributed by atoms with Crippen molar-refractivity contribution in [3.05, 3.63) is 95.6 Å². The van der Waals surface area contributed by atoms with Crippen molar-refractivity contribution < 1.29 is 14.3 Å². The van der Waals surface area contributed by atoms with E-state index >= 15 is 0 Å². The number of anilines is 1. The maximum absolute atomic E-state index is 12.6. The van der Waals surface area contributed by atoms with Crippen LogP contribution in [-0.4, -0.2) is 19.0 Å². The molecule has 3 aromatic rings. The zero-order chi connectivity index (χ0) is 20.6. The van der Waals surface area contributed by atoms with Crippen molar-refractivity contribution in [2.24, 2.45) is 5.73 Å². The molecule has 6 heteroatoms. The van der Waals surface area contributed by atoms with Crippen LogP contribution >= 0.6 is 0 Å². The molecule has 0 radical (unpaired) electrons. The molecule has 0 aliphatic heterocycles. The van der Waals surface area contributed by atoms with Gasteiger partial charge in [-0.2, -0.15) is 0 Å². The van der Waals surface area contributed by atoms with Crippen molar-refractivity contribution in [3.8, 4) is 5.75 Å². The van der Waals surface area contributed by atoms with Gasteiger partial charge in [-0.1, -0.05) is 60.7 Å². The zero-order valence-electron chi connectivity index (χ0n) is 16.1. The summed E-state index contributed by atoms with van der Waals surface area (Å²) in [6.45, 7) is 0. The number of imide groups is 1. The van der Waals surface area contributed by atoms with Gasteiger partial charge >= 0.3 is 6.03 Å². The minimum atomic E-state index is -0.891. The Morgan fingerprint density at radius 1 is 0.966 bits per heavy atom. The first-order valence-corrected chi connectivity index (χ1v) is 9.19. The Hall–Kier alpha value is -3.80. The molecule has 0 fully saturated rings. The van der Waals surface area contributed by atoms with Crippen LogP contribution in [0.15, 0.2) is 78.9 Å². The molecule has 0 spiro atoms. The van der Waals surface area contributed by atoms with Gasteiger partial charge in [-0.15, -0.1) is 0 Å². The highest BCUT2D eigenvalue weighted by Crippen LogP contribution is 2.28. The van der Waals surface area contributed by atoms with E-state index in [2.05, 4.69) is 10.6 Å². The predicted octanol–water partition coefficient (Wildman–Crippen LogP) is 3.63. The molecule has 0 bridgehead atoms. The first-order chi connectivity index (χ1) is 14.1. The minimum absolute atomic E-state index is 0.524. The summed E-state index contributed by atoms with van der Waals surface area (Å²) in [5.41, 5.74) is 8.70. The quantitative estimate of drug-likeness (QED) is 0.575. The van der Waals surface area contributed by atoms with Gasteiger partial charge in [0.05, 0.1) is 7.11 Å². The molecule has 0 aliphatic rings. The van der Waals surface area contributed by atoms with E-state index in [0.29, 0.717) is 12.0 Å². The van der Waals surface area contributed by atoms with Crippen LogP contribution < -0.4 is 21.1 Å². The number of hydrogen-bond acceptors (Lipinski definition) is 4. The molecule has 3 rings (SSSR count). The number of nitrogens with one attached hydrogen (secondary N) is 2. The number of primary amides is 1.